The first-order valence-corrected chi connectivity index (χ1v) is 11.1. The van der Waals surface area contributed by atoms with E-state index in [1.165, 1.54) is 18.7 Å². The summed E-state index contributed by atoms with van der Waals surface area (Å²) in [6.07, 6.45) is 5.06. The van der Waals surface area contributed by atoms with E-state index in [4.69, 9.17) is 4.74 Å². The number of methoxy groups -OCH3 is 1. The molecule has 0 bridgehead atoms. The summed E-state index contributed by atoms with van der Waals surface area (Å²) in [6, 6.07) is 10.9. The van der Waals surface area contributed by atoms with Crippen LogP contribution in [0.15, 0.2) is 53.1 Å². The number of nitrogens with one attached hydrogen (secondary N) is 1. The van der Waals surface area contributed by atoms with E-state index >= 15 is 0 Å². The Bertz CT molecular complexity index is 1130. The van der Waals surface area contributed by atoms with E-state index in [1.54, 1.807) is 12.1 Å². The van der Waals surface area contributed by atoms with Crippen LogP contribution in [0.4, 0.5) is 11.4 Å². The number of hydrogen-bond acceptors (Lipinski definition) is 5. The predicted octanol–water partition coefficient (Wildman–Crippen LogP) is 5.97. The van der Waals surface area contributed by atoms with Gasteiger partial charge in [-0.15, -0.1) is 0 Å². The minimum Gasteiger partial charge on any atom is -0.497 e. The SMILES string of the molecule is COc1ccc(Nc2c(C3=CCSCC3)cnc3ccc(Br)cc23)c(C(=O)O)c1. The van der Waals surface area contributed by atoms with Gasteiger partial charge in [-0.05, 0) is 54.1 Å². The number of anilines is 2. The van der Waals surface area contributed by atoms with Crippen molar-refractivity contribution in [1.82, 2.24) is 4.98 Å². The maximum absolute atomic E-state index is 11.9. The molecule has 2 aromatic carbocycles. The normalized spacial score (nSPS) is 13.8. The molecule has 0 saturated heterocycles. The number of rotatable bonds is 5. The molecule has 0 unspecified atom stereocenters. The molecule has 2 heterocycles. The highest BCUT2D eigenvalue weighted by atomic mass is 79.9. The Labute approximate surface area is 181 Å². The second-order valence-corrected chi connectivity index (χ2v) is 8.67. The van der Waals surface area contributed by atoms with Crippen molar-refractivity contribution >= 4 is 61.5 Å². The zero-order valence-electron chi connectivity index (χ0n) is 15.7. The number of nitrogens with zero attached hydrogens (tertiary/aromatic N) is 1. The summed E-state index contributed by atoms with van der Waals surface area (Å²) >= 11 is 5.45. The lowest BCUT2D eigenvalue weighted by Gasteiger charge is -2.20. The maximum Gasteiger partial charge on any atom is 0.337 e. The molecule has 1 aliphatic rings. The lowest BCUT2D eigenvalue weighted by atomic mass is 9.99. The molecule has 0 amide bonds. The Kier molecular flexibility index (Phi) is 5.78. The van der Waals surface area contributed by atoms with Gasteiger partial charge in [0, 0.05) is 27.4 Å². The van der Waals surface area contributed by atoms with Gasteiger partial charge in [0.15, 0.2) is 0 Å². The standard InChI is InChI=1S/C22H19BrN2O3S/c1-28-15-3-5-20(17(11-15)22(26)27)25-21-16-10-14(23)2-4-19(16)24-12-18(21)13-6-8-29-9-7-13/h2-6,10-12H,7-9H2,1H3,(H,24,25)(H,26,27). The van der Waals surface area contributed by atoms with E-state index < -0.39 is 5.97 Å². The van der Waals surface area contributed by atoms with Gasteiger partial charge in [0.25, 0.3) is 0 Å². The number of ether oxygens (including phenoxy) is 1. The van der Waals surface area contributed by atoms with Crippen molar-refractivity contribution in [2.24, 2.45) is 0 Å². The number of carboxylic acid groups (broad SMARTS) is 1. The number of thioether (sulfide) groups is 1. The number of aromatic carboxylic acids is 1. The van der Waals surface area contributed by atoms with E-state index in [2.05, 4.69) is 32.3 Å². The molecule has 0 atom stereocenters. The van der Waals surface area contributed by atoms with Crippen LogP contribution in [0, 0.1) is 0 Å². The van der Waals surface area contributed by atoms with Crippen LogP contribution in [-0.4, -0.2) is 34.7 Å². The third-order valence-electron chi connectivity index (χ3n) is 4.86. The largest absolute Gasteiger partial charge is 0.497 e. The maximum atomic E-state index is 11.9. The van der Waals surface area contributed by atoms with Crippen LogP contribution in [0.3, 0.4) is 0 Å². The highest BCUT2D eigenvalue weighted by Gasteiger charge is 2.18. The Morgan fingerprint density at radius 2 is 2.14 bits per heavy atom. The fourth-order valence-electron chi connectivity index (χ4n) is 3.39. The average Bonchev–Trinajstić information content (AvgIpc) is 2.74. The zero-order valence-corrected chi connectivity index (χ0v) is 18.1. The van der Waals surface area contributed by atoms with E-state index in [0.29, 0.717) is 11.4 Å². The van der Waals surface area contributed by atoms with Crippen molar-refractivity contribution in [2.45, 2.75) is 6.42 Å². The summed E-state index contributed by atoms with van der Waals surface area (Å²) in [5.41, 5.74) is 4.60. The van der Waals surface area contributed by atoms with Crippen molar-refractivity contribution in [3.05, 3.63) is 64.3 Å². The highest BCUT2D eigenvalue weighted by Crippen LogP contribution is 2.38. The number of pyridine rings is 1. The molecule has 0 spiro atoms. The van der Waals surface area contributed by atoms with Crippen LogP contribution < -0.4 is 10.1 Å². The topological polar surface area (TPSA) is 71.5 Å². The van der Waals surface area contributed by atoms with Gasteiger partial charge >= 0.3 is 5.97 Å². The highest BCUT2D eigenvalue weighted by molar-refractivity contribution is 9.10. The first-order valence-electron chi connectivity index (χ1n) is 9.10. The van der Waals surface area contributed by atoms with Crippen LogP contribution in [0.1, 0.15) is 22.3 Å². The van der Waals surface area contributed by atoms with Crippen molar-refractivity contribution in [1.29, 1.82) is 0 Å². The molecule has 7 heteroatoms. The van der Waals surface area contributed by atoms with Crippen molar-refractivity contribution in [2.75, 3.05) is 23.9 Å². The number of carbonyl (C=O) groups is 1. The first-order chi connectivity index (χ1) is 14.1. The van der Waals surface area contributed by atoms with Crippen LogP contribution in [0.2, 0.25) is 0 Å². The third kappa shape index (κ3) is 4.11. The Balaban J connectivity index is 1.91. The lowest BCUT2D eigenvalue weighted by molar-refractivity contribution is 0.0697. The summed E-state index contributed by atoms with van der Waals surface area (Å²) in [4.78, 5) is 16.5. The van der Waals surface area contributed by atoms with E-state index in [9.17, 15) is 9.90 Å². The zero-order chi connectivity index (χ0) is 20.4. The van der Waals surface area contributed by atoms with Crippen LogP contribution >= 0.6 is 27.7 Å². The molecule has 0 aliphatic carbocycles. The molecule has 148 valence electrons. The molecule has 5 nitrogen and oxygen atoms in total. The number of carboxylic acids is 1. The molecule has 2 N–H and O–H groups in total. The molecular weight excluding hydrogens is 452 g/mol. The Morgan fingerprint density at radius 3 is 2.86 bits per heavy atom. The number of benzene rings is 2. The molecular formula is C22H19BrN2O3S. The van der Waals surface area contributed by atoms with Gasteiger partial charge in [-0.3, -0.25) is 4.98 Å². The van der Waals surface area contributed by atoms with Crippen LogP contribution in [0.5, 0.6) is 5.75 Å². The summed E-state index contributed by atoms with van der Waals surface area (Å²) in [6.45, 7) is 0. The lowest BCUT2D eigenvalue weighted by Crippen LogP contribution is -2.06. The number of halogens is 1. The second-order valence-electron chi connectivity index (χ2n) is 6.60. The van der Waals surface area contributed by atoms with E-state index in [-0.39, 0.29) is 5.56 Å². The molecule has 0 fully saturated rings. The summed E-state index contributed by atoms with van der Waals surface area (Å²) in [7, 11) is 1.52. The molecule has 29 heavy (non-hydrogen) atoms. The summed E-state index contributed by atoms with van der Waals surface area (Å²) < 4.78 is 6.13. The predicted molar refractivity (Wildman–Crippen MR) is 123 cm³/mol. The molecule has 4 rings (SSSR count). The third-order valence-corrected chi connectivity index (χ3v) is 6.24. The van der Waals surface area contributed by atoms with Gasteiger partial charge in [-0.1, -0.05) is 22.0 Å². The Morgan fingerprint density at radius 1 is 1.28 bits per heavy atom. The number of hydrogen-bond donors (Lipinski definition) is 2. The van der Waals surface area contributed by atoms with Crippen molar-refractivity contribution in [3.63, 3.8) is 0 Å². The monoisotopic (exact) mass is 470 g/mol. The van der Waals surface area contributed by atoms with E-state index in [0.717, 1.165) is 44.6 Å². The number of allylic oxidation sites excluding steroid dienone is 1. The average molecular weight is 471 g/mol. The first kappa shape index (κ1) is 19.8. The van der Waals surface area contributed by atoms with Gasteiger partial charge in [0.2, 0.25) is 0 Å². The fourth-order valence-corrected chi connectivity index (χ4v) is 4.60. The molecule has 0 saturated carbocycles. The van der Waals surface area contributed by atoms with Gasteiger partial charge in [0.1, 0.15) is 5.75 Å². The summed E-state index contributed by atoms with van der Waals surface area (Å²) in [5.74, 6) is 1.52. The smallest absolute Gasteiger partial charge is 0.337 e. The Hall–Kier alpha value is -2.51. The number of aromatic nitrogens is 1. The minimum absolute atomic E-state index is 0.156. The van der Waals surface area contributed by atoms with Gasteiger partial charge in [-0.2, -0.15) is 11.8 Å². The second kappa shape index (κ2) is 8.47. The van der Waals surface area contributed by atoms with Gasteiger partial charge in [-0.25, -0.2) is 4.79 Å². The fraction of sp³-hybridized carbons (Fsp3) is 0.182. The van der Waals surface area contributed by atoms with Crippen molar-refractivity contribution < 1.29 is 14.6 Å². The minimum atomic E-state index is -1.01. The van der Waals surface area contributed by atoms with Crippen LogP contribution in [0.25, 0.3) is 16.5 Å². The molecule has 1 aromatic heterocycles. The quantitative estimate of drug-likeness (QED) is 0.478. The van der Waals surface area contributed by atoms with Gasteiger partial charge < -0.3 is 15.2 Å². The van der Waals surface area contributed by atoms with Crippen LogP contribution in [-0.2, 0) is 0 Å². The molecule has 3 aromatic rings. The molecule has 0 radical (unpaired) electrons. The van der Waals surface area contributed by atoms with Crippen molar-refractivity contribution in [3.8, 4) is 5.75 Å². The molecule has 1 aliphatic heterocycles. The van der Waals surface area contributed by atoms with Gasteiger partial charge in [0.05, 0.1) is 29.6 Å². The van der Waals surface area contributed by atoms with E-state index in [1.807, 2.05) is 36.2 Å². The summed E-state index contributed by atoms with van der Waals surface area (Å²) in [5, 5.41) is 14.0. The number of fused-ring (bicyclic) bond motifs is 1.